The van der Waals surface area contributed by atoms with Crippen LogP contribution in [0.5, 0.6) is 0 Å². The summed E-state index contributed by atoms with van der Waals surface area (Å²) in [6, 6.07) is 2.84. The average molecular weight is 272 g/mol. The lowest BCUT2D eigenvalue weighted by atomic mass is 10.3. The van der Waals surface area contributed by atoms with Crippen molar-refractivity contribution in [2.75, 3.05) is 13.2 Å². The molecule has 2 aromatic heterocycles. The average Bonchev–Trinajstić information content (AvgIpc) is 2.97. The Morgan fingerprint density at radius 1 is 1.50 bits per heavy atom. The molecule has 0 amide bonds. The van der Waals surface area contributed by atoms with Gasteiger partial charge in [-0.05, 0) is 30.2 Å². The van der Waals surface area contributed by atoms with E-state index in [1.807, 2.05) is 6.92 Å². The van der Waals surface area contributed by atoms with Crippen LogP contribution in [0.1, 0.15) is 25.2 Å². The first-order chi connectivity index (χ1) is 8.70. The van der Waals surface area contributed by atoms with Crippen LogP contribution in [0.4, 0.5) is 0 Å². The summed E-state index contributed by atoms with van der Waals surface area (Å²) in [6.45, 7) is 3.04. The molecule has 0 radical (unpaired) electrons. The minimum Gasteiger partial charge on any atom is -0.440 e. The first-order valence-corrected chi connectivity index (χ1v) is 6.01. The number of aromatic nitrogens is 2. The van der Waals surface area contributed by atoms with Crippen molar-refractivity contribution in [1.82, 2.24) is 10.1 Å². The lowest BCUT2D eigenvalue weighted by Crippen LogP contribution is -2.18. The Balaban J connectivity index is 2.01. The van der Waals surface area contributed by atoms with Crippen molar-refractivity contribution in [1.29, 1.82) is 0 Å². The highest BCUT2D eigenvalue weighted by Crippen LogP contribution is 2.23. The number of hydrogen-bond donors (Lipinski definition) is 1. The lowest BCUT2D eigenvalue weighted by molar-refractivity contribution is 0.119. The molecule has 7 heteroatoms. The van der Waals surface area contributed by atoms with Crippen LogP contribution in [-0.4, -0.2) is 23.4 Å². The van der Waals surface area contributed by atoms with E-state index in [0.29, 0.717) is 24.8 Å². The molecule has 2 rings (SSSR count). The predicted octanol–water partition coefficient (Wildman–Crippen LogP) is 2.41. The molecule has 0 aromatic carbocycles. The van der Waals surface area contributed by atoms with Crippen LogP contribution >= 0.6 is 11.6 Å². The van der Waals surface area contributed by atoms with Gasteiger partial charge in [0.15, 0.2) is 16.8 Å². The largest absolute Gasteiger partial charge is 0.440 e. The minimum absolute atomic E-state index is 0.253. The zero-order chi connectivity index (χ0) is 13.0. The van der Waals surface area contributed by atoms with E-state index in [-0.39, 0.29) is 11.1 Å². The van der Waals surface area contributed by atoms with Crippen LogP contribution in [0, 0.1) is 0 Å². The lowest BCUT2D eigenvalue weighted by Gasteiger charge is -2.06. The topological polar surface area (TPSA) is 87.3 Å². The third-order valence-electron chi connectivity index (χ3n) is 2.20. The van der Waals surface area contributed by atoms with Gasteiger partial charge in [-0.2, -0.15) is 4.98 Å². The summed E-state index contributed by atoms with van der Waals surface area (Å²) in [5.41, 5.74) is 5.87. The van der Waals surface area contributed by atoms with Gasteiger partial charge in [-0.3, -0.25) is 0 Å². The van der Waals surface area contributed by atoms with Crippen LogP contribution in [0.2, 0.25) is 5.22 Å². The smallest absolute Gasteiger partial charge is 0.293 e. The molecular weight excluding hydrogens is 258 g/mol. The van der Waals surface area contributed by atoms with Gasteiger partial charge in [-0.1, -0.05) is 12.1 Å². The van der Waals surface area contributed by atoms with Crippen molar-refractivity contribution in [3.63, 3.8) is 0 Å². The molecular formula is C11H14ClN3O3. The third kappa shape index (κ3) is 3.10. The second kappa shape index (κ2) is 5.99. The van der Waals surface area contributed by atoms with E-state index in [2.05, 4.69) is 10.1 Å². The summed E-state index contributed by atoms with van der Waals surface area (Å²) in [5.74, 6) is 1.05. The van der Waals surface area contributed by atoms with Gasteiger partial charge in [0.05, 0.1) is 12.6 Å². The summed E-state index contributed by atoms with van der Waals surface area (Å²) in [4.78, 5) is 4.14. The summed E-state index contributed by atoms with van der Waals surface area (Å²) in [7, 11) is 0. The van der Waals surface area contributed by atoms with Crippen LogP contribution in [0.25, 0.3) is 11.7 Å². The summed E-state index contributed by atoms with van der Waals surface area (Å²) in [5, 5.41) is 4.05. The molecule has 18 heavy (non-hydrogen) atoms. The van der Waals surface area contributed by atoms with Crippen molar-refractivity contribution in [3.05, 3.63) is 23.2 Å². The highest BCUT2D eigenvalue weighted by atomic mass is 35.5. The maximum atomic E-state index is 5.87. The Labute approximate surface area is 109 Å². The molecule has 0 fully saturated rings. The maximum absolute atomic E-state index is 5.87. The maximum Gasteiger partial charge on any atom is 0.293 e. The van der Waals surface area contributed by atoms with Gasteiger partial charge in [0.25, 0.3) is 5.89 Å². The quantitative estimate of drug-likeness (QED) is 0.812. The molecule has 0 bridgehead atoms. The van der Waals surface area contributed by atoms with Crippen molar-refractivity contribution in [2.24, 2.45) is 5.73 Å². The van der Waals surface area contributed by atoms with Gasteiger partial charge in [0.1, 0.15) is 0 Å². The Hall–Kier alpha value is -1.37. The van der Waals surface area contributed by atoms with Crippen LogP contribution in [0.15, 0.2) is 21.1 Å². The number of hydrogen-bond acceptors (Lipinski definition) is 6. The molecule has 2 heterocycles. The molecule has 1 atom stereocenters. The van der Waals surface area contributed by atoms with Crippen molar-refractivity contribution in [2.45, 2.75) is 19.4 Å². The summed E-state index contributed by atoms with van der Waals surface area (Å²) in [6.07, 6.45) is 0.940. The molecule has 98 valence electrons. The molecule has 2 N–H and O–H groups in total. The van der Waals surface area contributed by atoms with Gasteiger partial charge in [0.2, 0.25) is 0 Å². The molecule has 0 saturated heterocycles. The second-order valence-electron chi connectivity index (χ2n) is 3.74. The van der Waals surface area contributed by atoms with Gasteiger partial charge >= 0.3 is 0 Å². The first-order valence-electron chi connectivity index (χ1n) is 5.63. The number of nitrogens with zero attached hydrogens (tertiary/aromatic N) is 2. The van der Waals surface area contributed by atoms with E-state index < -0.39 is 6.04 Å². The van der Waals surface area contributed by atoms with Gasteiger partial charge in [0, 0.05) is 6.61 Å². The Morgan fingerprint density at radius 2 is 2.33 bits per heavy atom. The van der Waals surface area contributed by atoms with Crippen LogP contribution in [-0.2, 0) is 4.74 Å². The highest BCUT2D eigenvalue weighted by molar-refractivity contribution is 6.28. The summed E-state index contributed by atoms with van der Waals surface area (Å²) >= 11 is 5.66. The fraction of sp³-hybridized carbons (Fsp3) is 0.455. The molecule has 6 nitrogen and oxygen atoms in total. The van der Waals surface area contributed by atoms with E-state index in [9.17, 15) is 0 Å². The molecule has 0 aliphatic carbocycles. The fourth-order valence-corrected chi connectivity index (χ4v) is 1.49. The Morgan fingerprint density at radius 3 is 3.00 bits per heavy atom. The van der Waals surface area contributed by atoms with Gasteiger partial charge < -0.3 is 19.4 Å². The Kier molecular flexibility index (Phi) is 4.35. The van der Waals surface area contributed by atoms with Gasteiger partial charge in [-0.25, -0.2) is 0 Å². The molecule has 2 aromatic rings. The SMILES string of the molecule is CCCOCC(N)c1noc(-c2ccc(Cl)o2)n1. The first kappa shape index (κ1) is 13.1. The molecule has 1 unspecified atom stereocenters. The molecule has 0 aliphatic heterocycles. The minimum atomic E-state index is -0.417. The van der Waals surface area contributed by atoms with E-state index in [1.54, 1.807) is 12.1 Å². The number of rotatable bonds is 6. The zero-order valence-corrected chi connectivity index (χ0v) is 10.7. The van der Waals surface area contributed by atoms with Crippen LogP contribution < -0.4 is 5.73 Å². The van der Waals surface area contributed by atoms with Crippen molar-refractivity contribution < 1.29 is 13.7 Å². The van der Waals surface area contributed by atoms with E-state index in [4.69, 9.17) is 31.0 Å². The second-order valence-corrected chi connectivity index (χ2v) is 4.12. The number of halogens is 1. The zero-order valence-electron chi connectivity index (χ0n) is 9.93. The molecule has 0 saturated carbocycles. The monoisotopic (exact) mass is 271 g/mol. The number of furan rings is 1. The third-order valence-corrected chi connectivity index (χ3v) is 2.41. The number of nitrogens with two attached hydrogens (primary N) is 1. The standard InChI is InChI=1S/C11H14ClN3O3/c1-2-5-16-6-7(13)10-14-11(18-15-10)8-3-4-9(12)17-8/h3-4,7H,2,5-6,13H2,1H3. The van der Waals surface area contributed by atoms with Gasteiger partial charge in [-0.15, -0.1) is 0 Å². The highest BCUT2D eigenvalue weighted by Gasteiger charge is 2.17. The molecule has 0 aliphatic rings. The van der Waals surface area contributed by atoms with E-state index in [1.165, 1.54) is 0 Å². The normalized spacial score (nSPS) is 12.8. The van der Waals surface area contributed by atoms with Crippen LogP contribution in [0.3, 0.4) is 0 Å². The Bertz CT molecular complexity index is 497. The number of ether oxygens (including phenoxy) is 1. The van der Waals surface area contributed by atoms with Crippen molar-refractivity contribution in [3.8, 4) is 11.7 Å². The van der Waals surface area contributed by atoms with Crippen molar-refractivity contribution >= 4 is 11.6 Å². The van der Waals surface area contributed by atoms with E-state index >= 15 is 0 Å². The molecule has 0 spiro atoms. The summed E-state index contributed by atoms with van der Waals surface area (Å²) < 4.78 is 15.5. The predicted molar refractivity (Wildman–Crippen MR) is 65.0 cm³/mol. The fourth-order valence-electron chi connectivity index (χ4n) is 1.34. The van der Waals surface area contributed by atoms with E-state index in [0.717, 1.165) is 6.42 Å².